The third kappa shape index (κ3) is 4.19. The van der Waals surface area contributed by atoms with Gasteiger partial charge in [0.15, 0.2) is 0 Å². The summed E-state index contributed by atoms with van der Waals surface area (Å²) in [7, 11) is -0.326. The van der Waals surface area contributed by atoms with E-state index < -0.39 is 0 Å². The highest BCUT2D eigenvalue weighted by Gasteiger charge is 2.44. The van der Waals surface area contributed by atoms with Crippen LogP contribution >= 0.6 is 0 Å². The van der Waals surface area contributed by atoms with Gasteiger partial charge in [0.25, 0.3) is 0 Å². The lowest BCUT2D eigenvalue weighted by atomic mass is 9.64. The highest BCUT2D eigenvalue weighted by Crippen LogP contribution is 2.35. The first-order valence-electron chi connectivity index (χ1n) is 14.4. The Bertz CT molecular complexity index is 1350. The van der Waals surface area contributed by atoms with Gasteiger partial charge in [-0.25, -0.2) is 0 Å². The fourth-order valence-electron chi connectivity index (χ4n) is 6.48. The van der Waals surface area contributed by atoms with Gasteiger partial charge < -0.3 is 19.8 Å². The summed E-state index contributed by atoms with van der Waals surface area (Å²) >= 11 is 0. The molecule has 2 N–H and O–H groups in total. The molecule has 0 atom stereocenters. The van der Waals surface area contributed by atoms with Gasteiger partial charge in [0.1, 0.15) is 0 Å². The third-order valence-corrected chi connectivity index (χ3v) is 9.27. The highest BCUT2D eigenvalue weighted by molar-refractivity contribution is 6.70. The molecule has 0 aromatic heterocycles. The van der Waals surface area contributed by atoms with E-state index in [2.05, 4.69) is 111 Å². The molecular formula is C32H38B2N2O2. The molecule has 6 rings (SSSR count). The summed E-state index contributed by atoms with van der Waals surface area (Å²) in [4.78, 5) is 0. The van der Waals surface area contributed by atoms with E-state index in [-0.39, 0.29) is 25.3 Å². The molecule has 4 aromatic rings. The fraction of sp³-hybridized carbons (Fsp3) is 0.375. The molecule has 2 aliphatic rings. The molecule has 4 aromatic carbocycles. The second-order valence-electron chi connectivity index (χ2n) is 11.0. The summed E-state index contributed by atoms with van der Waals surface area (Å²) in [6, 6.07) is 26.5. The molecule has 0 radical (unpaired) electrons. The van der Waals surface area contributed by atoms with Gasteiger partial charge in [-0.2, -0.15) is 0 Å². The highest BCUT2D eigenvalue weighted by atomic mass is 16.5. The first-order valence-corrected chi connectivity index (χ1v) is 14.4. The van der Waals surface area contributed by atoms with Crippen LogP contribution in [0, 0.1) is 0 Å². The molecule has 2 fully saturated rings. The van der Waals surface area contributed by atoms with Crippen molar-refractivity contribution in [3.63, 3.8) is 0 Å². The summed E-state index contributed by atoms with van der Waals surface area (Å²) in [5.41, 5.74) is 4.61. The van der Waals surface area contributed by atoms with E-state index >= 15 is 0 Å². The van der Waals surface area contributed by atoms with Gasteiger partial charge in [-0.15, -0.1) is 0 Å². The van der Waals surface area contributed by atoms with E-state index in [0.29, 0.717) is 0 Å². The van der Waals surface area contributed by atoms with Crippen molar-refractivity contribution in [2.45, 2.75) is 64.6 Å². The van der Waals surface area contributed by atoms with Crippen molar-refractivity contribution in [2.24, 2.45) is 0 Å². The van der Waals surface area contributed by atoms with Crippen LogP contribution in [-0.2, 0) is 9.31 Å². The maximum absolute atomic E-state index is 6.83. The zero-order chi connectivity index (χ0) is 26.3. The average Bonchev–Trinajstić information content (AvgIpc) is 3.62. The van der Waals surface area contributed by atoms with Crippen LogP contribution in [0.15, 0.2) is 72.8 Å². The molecule has 2 saturated heterocycles. The topological polar surface area (TPSA) is 42.5 Å². The van der Waals surface area contributed by atoms with Crippen LogP contribution in [0.25, 0.3) is 32.7 Å². The van der Waals surface area contributed by atoms with Crippen molar-refractivity contribution in [3.8, 4) is 11.1 Å². The van der Waals surface area contributed by atoms with E-state index in [1.807, 2.05) is 0 Å². The summed E-state index contributed by atoms with van der Waals surface area (Å²) in [6.45, 7) is 10.6. The normalized spacial score (nSPS) is 18.6. The minimum atomic E-state index is -0.163. The minimum Gasteiger partial charge on any atom is -0.411 e. The molecule has 4 nitrogen and oxygen atoms in total. The fourth-order valence-corrected chi connectivity index (χ4v) is 6.48. The van der Waals surface area contributed by atoms with Crippen LogP contribution in [0.4, 0.5) is 0 Å². The maximum Gasteiger partial charge on any atom is 0.417 e. The van der Waals surface area contributed by atoms with Crippen LogP contribution in [0.1, 0.15) is 53.4 Å². The Kier molecular flexibility index (Phi) is 6.86. The van der Waals surface area contributed by atoms with Gasteiger partial charge in [-0.3, -0.25) is 0 Å². The average molecular weight is 504 g/mol. The van der Waals surface area contributed by atoms with Gasteiger partial charge in [0, 0.05) is 13.1 Å². The van der Waals surface area contributed by atoms with Crippen molar-refractivity contribution in [2.75, 3.05) is 13.1 Å². The third-order valence-electron chi connectivity index (χ3n) is 9.27. The van der Waals surface area contributed by atoms with Gasteiger partial charge in [-0.05, 0) is 69.3 Å². The molecular weight excluding hydrogens is 466 g/mol. The molecule has 2 aliphatic heterocycles. The summed E-state index contributed by atoms with van der Waals surface area (Å²) in [5.74, 6) is 0. The smallest absolute Gasteiger partial charge is 0.411 e. The Labute approximate surface area is 227 Å². The zero-order valence-electron chi connectivity index (χ0n) is 23.1. The standard InChI is InChI=1S/C32H38B2N2O2/c1-5-31(6-2)21-35-33(37-31)27-19-17-23-13-9-11-15-25(23)29(27)30-26-16-12-10-14-24(26)18-20-28(30)34-36-22-32(7-3,8-4)38-34/h9-20,35-36H,5-8,21-22H2,1-4H3. The van der Waals surface area contributed by atoms with E-state index in [4.69, 9.17) is 9.31 Å². The zero-order valence-corrected chi connectivity index (χ0v) is 23.1. The molecule has 194 valence electrons. The number of benzene rings is 4. The summed E-state index contributed by atoms with van der Waals surface area (Å²) in [5, 5.41) is 12.4. The minimum absolute atomic E-state index is 0.132. The monoisotopic (exact) mass is 504 g/mol. The van der Waals surface area contributed by atoms with E-state index in [1.165, 1.54) is 43.6 Å². The predicted octanol–water partition coefficient (Wildman–Crippen LogP) is 5.41. The molecule has 0 unspecified atom stereocenters. The first kappa shape index (κ1) is 25.6. The summed E-state index contributed by atoms with van der Waals surface area (Å²) < 4.78 is 13.7. The van der Waals surface area contributed by atoms with Gasteiger partial charge >= 0.3 is 14.1 Å². The van der Waals surface area contributed by atoms with Gasteiger partial charge in [-0.1, -0.05) is 100 Å². The van der Waals surface area contributed by atoms with Gasteiger partial charge in [0.05, 0.1) is 11.2 Å². The van der Waals surface area contributed by atoms with Crippen LogP contribution in [0.3, 0.4) is 0 Å². The Morgan fingerprint density at radius 3 is 1.34 bits per heavy atom. The van der Waals surface area contributed by atoms with E-state index in [1.54, 1.807) is 0 Å². The molecule has 38 heavy (non-hydrogen) atoms. The van der Waals surface area contributed by atoms with Crippen molar-refractivity contribution >= 4 is 46.6 Å². The largest absolute Gasteiger partial charge is 0.417 e. The van der Waals surface area contributed by atoms with Crippen molar-refractivity contribution < 1.29 is 9.31 Å². The quantitative estimate of drug-likeness (QED) is 0.331. The number of fused-ring (bicyclic) bond motifs is 2. The first-order chi connectivity index (χ1) is 18.6. The van der Waals surface area contributed by atoms with E-state index in [9.17, 15) is 0 Å². The second kappa shape index (κ2) is 10.2. The lowest BCUT2D eigenvalue weighted by molar-refractivity contribution is 0.0952. The molecule has 0 amide bonds. The maximum atomic E-state index is 6.83. The van der Waals surface area contributed by atoms with Crippen molar-refractivity contribution in [1.82, 2.24) is 10.5 Å². The molecule has 0 bridgehead atoms. The lowest BCUT2D eigenvalue weighted by Gasteiger charge is -2.27. The number of hydrogen-bond donors (Lipinski definition) is 2. The van der Waals surface area contributed by atoms with Crippen LogP contribution < -0.4 is 21.4 Å². The summed E-state index contributed by atoms with van der Waals surface area (Å²) in [6.07, 6.45) is 3.97. The van der Waals surface area contributed by atoms with Crippen LogP contribution in [-0.4, -0.2) is 38.4 Å². The Morgan fingerprint density at radius 2 is 0.974 bits per heavy atom. The number of rotatable bonds is 7. The van der Waals surface area contributed by atoms with Crippen LogP contribution in [0.5, 0.6) is 0 Å². The Hall–Kier alpha value is -2.63. The van der Waals surface area contributed by atoms with Crippen LogP contribution in [0.2, 0.25) is 0 Å². The number of hydrogen-bond acceptors (Lipinski definition) is 4. The molecule has 2 heterocycles. The Balaban J connectivity index is 1.61. The van der Waals surface area contributed by atoms with Gasteiger partial charge in [0.2, 0.25) is 0 Å². The molecule has 0 saturated carbocycles. The SMILES string of the molecule is CCC1(CC)CNB(c2ccc3ccccc3c2-c2c(B3NCC(CC)(CC)O3)ccc3ccccc23)O1. The van der Waals surface area contributed by atoms with Crippen molar-refractivity contribution in [3.05, 3.63) is 72.8 Å². The van der Waals surface area contributed by atoms with E-state index in [0.717, 1.165) is 38.8 Å². The second-order valence-corrected chi connectivity index (χ2v) is 11.0. The van der Waals surface area contributed by atoms with Crippen molar-refractivity contribution in [1.29, 1.82) is 0 Å². The molecule has 0 aliphatic carbocycles. The number of nitrogens with one attached hydrogen (secondary N) is 2. The molecule has 0 spiro atoms. The predicted molar refractivity (Wildman–Crippen MR) is 162 cm³/mol. The lowest BCUT2D eigenvalue weighted by Crippen LogP contribution is -2.46. The Morgan fingerprint density at radius 1 is 0.579 bits per heavy atom. The molecule has 6 heteroatoms.